The van der Waals surface area contributed by atoms with E-state index in [9.17, 15) is 9.90 Å². The maximum Gasteiger partial charge on any atom is 0.220 e. The fourth-order valence-electron chi connectivity index (χ4n) is 2.82. The molecule has 0 saturated heterocycles. The molecule has 1 aromatic carbocycles. The van der Waals surface area contributed by atoms with Gasteiger partial charge in [0.25, 0.3) is 0 Å². The van der Waals surface area contributed by atoms with Gasteiger partial charge in [-0.3, -0.25) is 9.48 Å². The number of hydrogen-bond acceptors (Lipinski definition) is 3. The summed E-state index contributed by atoms with van der Waals surface area (Å²) in [4.78, 5) is 12.3. The van der Waals surface area contributed by atoms with Gasteiger partial charge in [-0.2, -0.15) is 5.10 Å². The zero-order valence-electron chi connectivity index (χ0n) is 14.0. The summed E-state index contributed by atoms with van der Waals surface area (Å²) in [6.45, 7) is 4.03. The van der Waals surface area contributed by atoms with Crippen molar-refractivity contribution in [3.63, 3.8) is 0 Å². The van der Waals surface area contributed by atoms with Crippen molar-refractivity contribution in [2.45, 2.75) is 39.2 Å². The second kappa shape index (κ2) is 7.92. The highest BCUT2D eigenvalue weighted by Gasteiger charge is 2.15. The summed E-state index contributed by atoms with van der Waals surface area (Å²) in [5, 5.41) is 16.6. The highest BCUT2D eigenvalue weighted by atomic mass is 16.3. The first-order chi connectivity index (χ1) is 11.0. The molecule has 2 aromatic rings. The van der Waals surface area contributed by atoms with Crippen LogP contribution >= 0.6 is 0 Å². The zero-order valence-corrected chi connectivity index (χ0v) is 14.0. The van der Waals surface area contributed by atoms with Gasteiger partial charge in [-0.1, -0.05) is 30.3 Å². The number of hydrogen-bond donors (Lipinski definition) is 2. The zero-order chi connectivity index (χ0) is 16.8. The summed E-state index contributed by atoms with van der Waals surface area (Å²) in [5.41, 5.74) is 4.24. The summed E-state index contributed by atoms with van der Waals surface area (Å²) in [6, 6.07) is 9.61. The van der Waals surface area contributed by atoms with Crippen LogP contribution in [0.2, 0.25) is 0 Å². The summed E-state index contributed by atoms with van der Waals surface area (Å²) in [7, 11) is 1.92. The predicted molar refractivity (Wildman–Crippen MR) is 90.0 cm³/mol. The number of aliphatic hydroxyl groups excluding tert-OH is 1. The van der Waals surface area contributed by atoms with E-state index in [1.807, 2.05) is 55.9 Å². The Bertz CT molecular complexity index is 650. The van der Waals surface area contributed by atoms with Crippen LogP contribution in [0.4, 0.5) is 0 Å². The van der Waals surface area contributed by atoms with E-state index in [1.54, 1.807) is 0 Å². The van der Waals surface area contributed by atoms with Gasteiger partial charge in [0.05, 0.1) is 11.7 Å². The lowest BCUT2D eigenvalue weighted by Crippen LogP contribution is -2.29. The van der Waals surface area contributed by atoms with E-state index >= 15 is 0 Å². The average molecular weight is 315 g/mol. The Hall–Kier alpha value is -2.14. The van der Waals surface area contributed by atoms with Crippen LogP contribution < -0.4 is 5.32 Å². The van der Waals surface area contributed by atoms with Crippen LogP contribution in [0.15, 0.2) is 30.3 Å². The minimum atomic E-state index is -0.148. The molecule has 1 atom stereocenters. The largest absolute Gasteiger partial charge is 0.396 e. The van der Waals surface area contributed by atoms with Crippen molar-refractivity contribution in [1.82, 2.24) is 15.1 Å². The number of carbonyl (C=O) groups excluding carboxylic acids is 1. The van der Waals surface area contributed by atoms with Crippen LogP contribution in [0.25, 0.3) is 0 Å². The molecule has 0 saturated carbocycles. The van der Waals surface area contributed by atoms with E-state index in [2.05, 4.69) is 10.4 Å². The second-order valence-corrected chi connectivity index (χ2v) is 5.82. The Labute approximate surface area is 137 Å². The van der Waals surface area contributed by atoms with Crippen LogP contribution in [0.5, 0.6) is 0 Å². The third-order valence-corrected chi connectivity index (χ3v) is 4.22. The molecule has 2 rings (SSSR count). The van der Waals surface area contributed by atoms with Crippen molar-refractivity contribution >= 4 is 5.91 Å². The first kappa shape index (κ1) is 17.2. The van der Waals surface area contributed by atoms with E-state index in [1.165, 1.54) is 0 Å². The van der Waals surface area contributed by atoms with E-state index < -0.39 is 0 Å². The molecule has 1 aromatic heterocycles. The number of benzene rings is 1. The molecular weight excluding hydrogens is 290 g/mol. The Balaban J connectivity index is 1.97. The van der Waals surface area contributed by atoms with Gasteiger partial charge in [0.15, 0.2) is 0 Å². The Morgan fingerprint density at radius 2 is 2.00 bits per heavy atom. The summed E-state index contributed by atoms with van der Waals surface area (Å²) < 4.78 is 1.85. The molecule has 0 bridgehead atoms. The molecule has 2 N–H and O–H groups in total. The van der Waals surface area contributed by atoms with Crippen LogP contribution in [0.1, 0.15) is 41.4 Å². The van der Waals surface area contributed by atoms with Gasteiger partial charge in [-0.05, 0) is 37.8 Å². The van der Waals surface area contributed by atoms with Gasteiger partial charge in [0.1, 0.15) is 0 Å². The van der Waals surface area contributed by atoms with Gasteiger partial charge in [-0.15, -0.1) is 0 Å². The highest BCUT2D eigenvalue weighted by molar-refractivity contribution is 5.76. The normalized spacial score (nSPS) is 12.2. The lowest BCUT2D eigenvalue weighted by Gasteiger charge is -2.18. The van der Waals surface area contributed by atoms with Crippen LogP contribution in [0.3, 0.4) is 0 Å². The summed E-state index contributed by atoms with van der Waals surface area (Å²) >= 11 is 0. The average Bonchev–Trinajstić information content (AvgIpc) is 2.78. The van der Waals surface area contributed by atoms with Crippen LogP contribution in [0, 0.1) is 13.8 Å². The molecule has 124 valence electrons. The first-order valence-electron chi connectivity index (χ1n) is 7.97. The van der Waals surface area contributed by atoms with E-state index in [-0.39, 0.29) is 18.6 Å². The Morgan fingerprint density at radius 3 is 2.57 bits per heavy atom. The lowest BCUT2D eigenvalue weighted by molar-refractivity contribution is -0.121. The van der Waals surface area contributed by atoms with Crippen molar-refractivity contribution in [3.05, 3.63) is 52.8 Å². The molecule has 1 unspecified atom stereocenters. The third kappa shape index (κ3) is 4.42. The maximum atomic E-state index is 12.3. The van der Waals surface area contributed by atoms with Gasteiger partial charge in [0, 0.05) is 25.8 Å². The SMILES string of the molecule is Cc1nn(C)c(C)c1CCC(=O)NC(CCO)c1ccccc1. The smallest absolute Gasteiger partial charge is 0.220 e. The number of amides is 1. The number of rotatable bonds is 7. The molecule has 5 heteroatoms. The summed E-state index contributed by atoms with van der Waals surface area (Å²) in [6.07, 6.45) is 1.61. The number of aromatic nitrogens is 2. The minimum absolute atomic E-state index is 0.00467. The van der Waals surface area contributed by atoms with Crippen molar-refractivity contribution < 1.29 is 9.90 Å². The monoisotopic (exact) mass is 315 g/mol. The minimum Gasteiger partial charge on any atom is -0.396 e. The molecule has 0 aliphatic carbocycles. The molecule has 0 aliphatic rings. The Kier molecular flexibility index (Phi) is 5.93. The molecule has 0 spiro atoms. The highest BCUT2D eigenvalue weighted by Crippen LogP contribution is 2.17. The quantitative estimate of drug-likeness (QED) is 0.823. The maximum absolute atomic E-state index is 12.3. The second-order valence-electron chi connectivity index (χ2n) is 5.82. The van der Waals surface area contributed by atoms with Crippen molar-refractivity contribution in [1.29, 1.82) is 0 Å². The third-order valence-electron chi connectivity index (χ3n) is 4.22. The van der Waals surface area contributed by atoms with E-state index in [0.29, 0.717) is 19.3 Å². The van der Waals surface area contributed by atoms with E-state index in [0.717, 1.165) is 22.5 Å². The van der Waals surface area contributed by atoms with Crippen molar-refractivity contribution in [2.75, 3.05) is 6.61 Å². The molecule has 23 heavy (non-hydrogen) atoms. The standard InChI is InChI=1S/C18H25N3O2/c1-13-16(14(2)21(3)20-13)9-10-18(23)19-17(11-12-22)15-7-5-4-6-8-15/h4-8,17,22H,9-12H2,1-3H3,(H,19,23). The van der Waals surface area contributed by atoms with Crippen LogP contribution in [-0.4, -0.2) is 27.4 Å². The number of aryl methyl sites for hydroxylation is 2. The number of nitrogens with one attached hydrogen (secondary N) is 1. The van der Waals surface area contributed by atoms with Gasteiger partial charge in [-0.25, -0.2) is 0 Å². The topological polar surface area (TPSA) is 67.2 Å². The molecule has 0 aliphatic heterocycles. The van der Waals surface area contributed by atoms with Gasteiger partial charge >= 0.3 is 0 Å². The first-order valence-corrected chi connectivity index (χ1v) is 7.97. The predicted octanol–water partition coefficient (Wildman–Crippen LogP) is 2.21. The Morgan fingerprint density at radius 1 is 1.30 bits per heavy atom. The number of nitrogens with zero attached hydrogens (tertiary/aromatic N) is 2. The fourth-order valence-corrected chi connectivity index (χ4v) is 2.82. The molecule has 0 fully saturated rings. The molecule has 5 nitrogen and oxygen atoms in total. The fraction of sp³-hybridized carbons (Fsp3) is 0.444. The van der Waals surface area contributed by atoms with Gasteiger partial charge < -0.3 is 10.4 Å². The molecular formula is C18H25N3O2. The number of carbonyl (C=O) groups is 1. The van der Waals surface area contributed by atoms with Crippen molar-refractivity contribution in [3.8, 4) is 0 Å². The molecule has 1 heterocycles. The summed E-state index contributed by atoms with van der Waals surface area (Å²) in [5.74, 6) is -0.00467. The number of aliphatic hydroxyl groups is 1. The van der Waals surface area contributed by atoms with Gasteiger partial charge in [0.2, 0.25) is 5.91 Å². The van der Waals surface area contributed by atoms with Crippen molar-refractivity contribution in [2.24, 2.45) is 7.05 Å². The molecule has 0 radical (unpaired) electrons. The van der Waals surface area contributed by atoms with E-state index in [4.69, 9.17) is 0 Å². The van der Waals surface area contributed by atoms with Crippen LogP contribution in [-0.2, 0) is 18.3 Å². The lowest BCUT2D eigenvalue weighted by atomic mass is 10.0. The molecule has 1 amide bonds.